The van der Waals surface area contributed by atoms with Gasteiger partial charge < -0.3 is 0 Å². The first-order valence-electron chi connectivity index (χ1n) is 5.12. The molecule has 94 valence electrons. The molecular weight excluding hydrogens is 236 g/mol. The van der Waals surface area contributed by atoms with Gasteiger partial charge in [-0.1, -0.05) is 18.2 Å². The van der Waals surface area contributed by atoms with E-state index in [-0.39, 0.29) is 18.1 Å². The maximum absolute atomic E-state index is 11.6. The van der Waals surface area contributed by atoms with Gasteiger partial charge in [0, 0.05) is 17.4 Å². The van der Waals surface area contributed by atoms with E-state index in [0.717, 1.165) is 5.56 Å². The fourth-order valence-electron chi connectivity index (χ4n) is 1.40. The summed E-state index contributed by atoms with van der Waals surface area (Å²) in [6.45, 7) is 3.12. The van der Waals surface area contributed by atoms with Gasteiger partial charge >= 0.3 is 0 Å². The Morgan fingerprint density at radius 2 is 2.22 bits per heavy atom. The lowest BCUT2D eigenvalue weighted by Gasteiger charge is -2.10. The number of carbonyl (C=O) groups excluding carboxylic acids is 2. The first kappa shape index (κ1) is 13.7. The number of benzene rings is 1. The van der Waals surface area contributed by atoms with Crippen molar-refractivity contribution in [3.05, 3.63) is 45.3 Å². The topological polar surface area (TPSA) is 104 Å². The lowest BCUT2D eigenvalue weighted by Crippen LogP contribution is -2.20. The quantitative estimate of drug-likeness (QED) is 0.381. The minimum atomic E-state index is -0.678. The molecule has 18 heavy (non-hydrogen) atoms. The highest BCUT2D eigenvalue weighted by Gasteiger charge is 2.12. The lowest BCUT2D eigenvalue weighted by atomic mass is 10.0. The Hall–Kier alpha value is -2.37. The zero-order valence-electron chi connectivity index (χ0n) is 10.0. The molecule has 0 heterocycles. The molecule has 0 aliphatic rings. The van der Waals surface area contributed by atoms with Crippen LogP contribution in [0.2, 0.25) is 0 Å². The second kappa shape index (κ2) is 6.39. The van der Waals surface area contributed by atoms with Crippen molar-refractivity contribution in [2.45, 2.75) is 20.5 Å². The summed E-state index contributed by atoms with van der Waals surface area (Å²) in [5, 5.41) is 3.04. The normalized spacial score (nSPS) is 9.44. The third kappa shape index (κ3) is 3.58. The number of nitrogens with one attached hydrogen (secondary N) is 1. The number of azide groups is 1. The second-order valence-electron chi connectivity index (χ2n) is 3.54. The van der Waals surface area contributed by atoms with Crippen LogP contribution in [0.5, 0.6) is 0 Å². The van der Waals surface area contributed by atoms with Crippen LogP contribution < -0.4 is 5.48 Å². The van der Waals surface area contributed by atoms with Crippen LogP contribution >= 0.6 is 0 Å². The van der Waals surface area contributed by atoms with E-state index in [4.69, 9.17) is 10.4 Å². The average molecular weight is 248 g/mol. The fraction of sp³-hybridized carbons (Fsp3) is 0.273. The van der Waals surface area contributed by atoms with E-state index < -0.39 is 5.91 Å². The Morgan fingerprint density at radius 3 is 2.83 bits per heavy atom. The van der Waals surface area contributed by atoms with Gasteiger partial charge in [0.2, 0.25) is 11.8 Å². The van der Waals surface area contributed by atoms with Crippen molar-refractivity contribution in [2.75, 3.05) is 0 Å². The minimum Gasteiger partial charge on any atom is -0.287 e. The number of rotatable bonds is 4. The zero-order chi connectivity index (χ0) is 13.5. The minimum absolute atomic E-state index is 0.0221. The van der Waals surface area contributed by atoms with Crippen molar-refractivity contribution in [1.82, 2.24) is 5.48 Å². The standard InChI is InChI=1S/C11H12N4O3/c1-7-4-3-5-9(11(17)13-15-12)10(7)6-18-14-8(2)16/h3-5H,6H2,1-2H3,(H,14,16). The van der Waals surface area contributed by atoms with E-state index in [0.29, 0.717) is 5.56 Å². The van der Waals surface area contributed by atoms with Crippen LogP contribution in [0.3, 0.4) is 0 Å². The lowest BCUT2D eigenvalue weighted by molar-refractivity contribution is -0.132. The maximum Gasteiger partial charge on any atom is 0.249 e. The molecule has 0 aromatic heterocycles. The van der Waals surface area contributed by atoms with Crippen LogP contribution in [0, 0.1) is 6.92 Å². The summed E-state index contributed by atoms with van der Waals surface area (Å²) in [4.78, 5) is 29.6. The molecule has 0 fully saturated rings. The smallest absolute Gasteiger partial charge is 0.249 e. The van der Waals surface area contributed by atoms with Gasteiger partial charge in [0.05, 0.1) is 0 Å². The van der Waals surface area contributed by atoms with Gasteiger partial charge in [0.1, 0.15) is 6.61 Å². The first-order valence-corrected chi connectivity index (χ1v) is 5.12. The van der Waals surface area contributed by atoms with Crippen LogP contribution in [0.1, 0.15) is 28.4 Å². The summed E-state index contributed by atoms with van der Waals surface area (Å²) in [5.74, 6) is -1.02. The molecule has 1 aromatic rings. The number of aryl methyl sites for hydroxylation is 1. The molecule has 0 aliphatic carbocycles. The van der Waals surface area contributed by atoms with Crippen LogP contribution in [0.15, 0.2) is 23.3 Å². The van der Waals surface area contributed by atoms with Crippen LogP contribution in [-0.2, 0) is 16.2 Å². The Balaban J connectivity index is 2.97. The van der Waals surface area contributed by atoms with Crippen LogP contribution in [0.25, 0.3) is 10.4 Å². The molecule has 0 atom stereocenters. The third-order valence-corrected chi connectivity index (χ3v) is 2.21. The molecule has 0 unspecified atom stereocenters. The van der Waals surface area contributed by atoms with E-state index in [1.165, 1.54) is 13.0 Å². The highest BCUT2D eigenvalue weighted by molar-refractivity contribution is 5.96. The molecule has 0 aliphatic heterocycles. The average Bonchev–Trinajstić information content (AvgIpc) is 2.31. The summed E-state index contributed by atoms with van der Waals surface area (Å²) in [5.41, 5.74) is 12.1. The molecule has 1 aromatic carbocycles. The van der Waals surface area contributed by atoms with E-state index in [2.05, 4.69) is 15.5 Å². The summed E-state index contributed by atoms with van der Waals surface area (Å²) in [6, 6.07) is 5.01. The zero-order valence-corrected chi connectivity index (χ0v) is 10.0. The number of hydroxylamine groups is 1. The van der Waals surface area contributed by atoms with Crippen LogP contribution in [-0.4, -0.2) is 11.8 Å². The van der Waals surface area contributed by atoms with Gasteiger partial charge in [-0.2, -0.15) is 0 Å². The van der Waals surface area contributed by atoms with E-state index in [1.54, 1.807) is 19.1 Å². The molecule has 0 radical (unpaired) electrons. The van der Waals surface area contributed by atoms with Gasteiger partial charge in [-0.3, -0.25) is 14.4 Å². The molecule has 7 heteroatoms. The monoisotopic (exact) mass is 248 g/mol. The largest absolute Gasteiger partial charge is 0.287 e. The van der Waals surface area contributed by atoms with Crippen molar-refractivity contribution in [1.29, 1.82) is 0 Å². The van der Waals surface area contributed by atoms with E-state index in [9.17, 15) is 9.59 Å². The van der Waals surface area contributed by atoms with Crippen molar-refractivity contribution < 1.29 is 14.4 Å². The number of hydrogen-bond acceptors (Lipinski definition) is 3. The third-order valence-electron chi connectivity index (χ3n) is 2.21. The molecular formula is C11H12N4O3. The van der Waals surface area contributed by atoms with Gasteiger partial charge in [-0.25, -0.2) is 5.48 Å². The molecule has 0 spiro atoms. The Labute approximate surface area is 103 Å². The van der Waals surface area contributed by atoms with Gasteiger partial charge in [0.25, 0.3) is 0 Å². The summed E-state index contributed by atoms with van der Waals surface area (Å²) < 4.78 is 0. The molecule has 1 N–H and O–H groups in total. The Morgan fingerprint density at radius 1 is 1.50 bits per heavy atom. The molecule has 0 bridgehead atoms. The molecule has 7 nitrogen and oxygen atoms in total. The van der Waals surface area contributed by atoms with E-state index >= 15 is 0 Å². The Kier molecular flexibility index (Phi) is 4.86. The Bertz CT molecular complexity index is 521. The van der Waals surface area contributed by atoms with Crippen molar-refractivity contribution >= 4 is 11.8 Å². The molecule has 0 saturated carbocycles. The van der Waals surface area contributed by atoms with Crippen molar-refractivity contribution in [3.8, 4) is 0 Å². The highest BCUT2D eigenvalue weighted by atomic mass is 16.6. The van der Waals surface area contributed by atoms with Gasteiger partial charge in [-0.05, 0) is 28.7 Å². The maximum atomic E-state index is 11.6. The predicted molar refractivity (Wildman–Crippen MR) is 63.3 cm³/mol. The number of amides is 2. The predicted octanol–water partition coefficient (Wildman–Crippen LogP) is 2.01. The highest BCUT2D eigenvalue weighted by Crippen LogP contribution is 2.16. The van der Waals surface area contributed by atoms with E-state index in [1.807, 2.05) is 0 Å². The van der Waals surface area contributed by atoms with Crippen molar-refractivity contribution in [2.24, 2.45) is 5.11 Å². The van der Waals surface area contributed by atoms with Crippen LogP contribution in [0.4, 0.5) is 0 Å². The first-order chi connectivity index (χ1) is 8.56. The molecule has 0 saturated heterocycles. The SMILES string of the molecule is CC(=O)NOCc1c(C)cccc1C(=O)N=[N+]=[N-]. The number of nitrogens with zero attached hydrogens (tertiary/aromatic N) is 3. The second-order valence-corrected chi connectivity index (χ2v) is 3.54. The molecule has 2 amide bonds. The fourth-order valence-corrected chi connectivity index (χ4v) is 1.40. The van der Waals surface area contributed by atoms with Crippen molar-refractivity contribution in [3.63, 3.8) is 0 Å². The summed E-state index contributed by atoms with van der Waals surface area (Å²) in [6.07, 6.45) is 0. The molecule has 1 rings (SSSR count). The summed E-state index contributed by atoms with van der Waals surface area (Å²) >= 11 is 0. The van der Waals surface area contributed by atoms with Gasteiger partial charge in [0.15, 0.2) is 0 Å². The number of hydrogen-bond donors (Lipinski definition) is 1. The summed E-state index contributed by atoms with van der Waals surface area (Å²) in [7, 11) is 0. The number of carbonyl (C=O) groups is 2. The van der Waals surface area contributed by atoms with Gasteiger partial charge in [-0.15, -0.1) is 0 Å².